The molecule has 6 heteroatoms. The molecular formula is C20H24ClN3O2. The van der Waals surface area contributed by atoms with Crippen molar-refractivity contribution in [2.24, 2.45) is 0 Å². The van der Waals surface area contributed by atoms with Crippen molar-refractivity contribution in [1.82, 2.24) is 10.6 Å². The number of amides is 2. The zero-order valence-electron chi connectivity index (χ0n) is 15.3. The van der Waals surface area contributed by atoms with Gasteiger partial charge in [0.25, 0.3) is 0 Å². The van der Waals surface area contributed by atoms with Gasteiger partial charge in [-0.15, -0.1) is 0 Å². The van der Waals surface area contributed by atoms with Crippen molar-refractivity contribution in [3.63, 3.8) is 0 Å². The highest BCUT2D eigenvalue weighted by atomic mass is 35.5. The maximum atomic E-state index is 12.3. The van der Waals surface area contributed by atoms with Gasteiger partial charge in [-0.05, 0) is 35.4 Å². The summed E-state index contributed by atoms with van der Waals surface area (Å²) >= 11 is 5.91. The van der Waals surface area contributed by atoms with Crippen LogP contribution < -0.4 is 15.5 Å². The molecule has 2 amide bonds. The van der Waals surface area contributed by atoms with Crippen molar-refractivity contribution >= 4 is 29.1 Å². The minimum atomic E-state index is -0.388. The van der Waals surface area contributed by atoms with Gasteiger partial charge in [-0.3, -0.25) is 9.59 Å². The van der Waals surface area contributed by atoms with E-state index in [1.54, 1.807) is 12.1 Å². The zero-order chi connectivity index (χ0) is 19.1. The van der Waals surface area contributed by atoms with Crippen LogP contribution in [0.15, 0.2) is 48.5 Å². The molecule has 2 aromatic rings. The Bertz CT molecular complexity index is 743. The molecule has 26 heavy (non-hydrogen) atoms. The third-order valence-corrected chi connectivity index (χ3v) is 4.23. The lowest BCUT2D eigenvalue weighted by atomic mass is 10.0. The largest absolute Gasteiger partial charge is 0.378 e. The van der Waals surface area contributed by atoms with Gasteiger partial charge in [0.15, 0.2) is 0 Å². The summed E-state index contributed by atoms with van der Waals surface area (Å²) < 4.78 is 0. The number of carbonyl (C=O) groups is 2. The number of anilines is 1. The second-order valence-electron chi connectivity index (χ2n) is 6.35. The molecule has 1 atom stereocenters. The summed E-state index contributed by atoms with van der Waals surface area (Å²) in [4.78, 5) is 25.8. The highest BCUT2D eigenvalue weighted by Gasteiger charge is 2.17. The van der Waals surface area contributed by atoms with Crippen LogP contribution >= 0.6 is 11.6 Å². The van der Waals surface area contributed by atoms with E-state index in [1.807, 2.05) is 55.4 Å². The van der Waals surface area contributed by atoms with Crippen LogP contribution in [-0.4, -0.2) is 25.9 Å². The fourth-order valence-electron chi connectivity index (χ4n) is 2.56. The summed E-state index contributed by atoms with van der Waals surface area (Å²) in [7, 11) is 3.96. The Morgan fingerprint density at radius 1 is 1.04 bits per heavy atom. The first-order valence-corrected chi connectivity index (χ1v) is 8.78. The molecule has 0 spiro atoms. The summed E-state index contributed by atoms with van der Waals surface area (Å²) in [5.74, 6) is -0.313. The van der Waals surface area contributed by atoms with Crippen LogP contribution in [0.5, 0.6) is 0 Å². The number of nitrogens with one attached hydrogen (secondary N) is 2. The van der Waals surface area contributed by atoms with Crippen LogP contribution in [0.4, 0.5) is 5.69 Å². The first kappa shape index (κ1) is 19.8. The molecule has 0 saturated heterocycles. The Labute approximate surface area is 159 Å². The Hall–Kier alpha value is -2.53. The number of hydrogen-bond acceptors (Lipinski definition) is 3. The van der Waals surface area contributed by atoms with Gasteiger partial charge in [0.1, 0.15) is 0 Å². The molecule has 5 nitrogen and oxygen atoms in total. The molecule has 138 valence electrons. The van der Waals surface area contributed by atoms with Crippen LogP contribution in [0.25, 0.3) is 0 Å². The molecule has 0 aliphatic carbocycles. The van der Waals surface area contributed by atoms with E-state index in [1.165, 1.54) is 6.92 Å². The normalized spacial score (nSPS) is 11.5. The first-order valence-electron chi connectivity index (χ1n) is 8.40. The second kappa shape index (κ2) is 9.25. The predicted octanol–water partition coefficient (Wildman–Crippen LogP) is 3.29. The first-order chi connectivity index (χ1) is 12.3. The third-order valence-electron chi connectivity index (χ3n) is 3.98. The lowest BCUT2D eigenvalue weighted by Crippen LogP contribution is -2.32. The molecule has 2 rings (SSSR count). The highest BCUT2D eigenvalue weighted by molar-refractivity contribution is 6.30. The average molecular weight is 374 g/mol. The SMILES string of the molecule is CC(=O)NC(CC(=O)NCc1ccc(N(C)C)cc1)c1ccc(Cl)cc1. The summed E-state index contributed by atoms with van der Waals surface area (Å²) in [6.45, 7) is 1.88. The van der Waals surface area contributed by atoms with Crippen molar-refractivity contribution in [3.05, 3.63) is 64.7 Å². The number of halogens is 1. The van der Waals surface area contributed by atoms with E-state index in [0.717, 1.165) is 16.8 Å². The van der Waals surface area contributed by atoms with Crippen LogP contribution in [0.3, 0.4) is 0 Å². The lowest BCUT2D eigenvalue weighted by Gasteiger charge is -2.18. The molecule has 1 unspecified atom stereocenters. The average Bonchev–Trinajstić information content (AvgIpc) is 2.60. The van der Waals surface area contributed by atoms with Gasteiger partial charge in [-0.1, -0.05) is 35.9 Å². The molecule has 0 fully saturated rings. The molecule has 0 radical (unpaired) electrons. The van der Waals surface area contributed by atoms with Crippen LogP contribution in [-0.2, 0) is 16.1 Å². The smallest absolute Gasteiger partial charge is 0.222 e. The van der Waals surface area contributed by atoms with Gasteiger partial charge in [0.05, 0.1) is 12.5 Å². The van der Waals surface area contributed by atoms with E-state index < -0.39 is 0 Å². The number of nitrogens with zero attached hydrogens (tertiary/aromatic N) is 1. The van der Waals surface area contributed by atoms with Gasteiger partial charge in [-0.2, -0.15) is 0 Å². The van der Waals surface area contributed by atoms with E-state index in [0.29, 0.717) is 11.6 Å². The Morgan fingerprint density at radius 3 is 2.19 bits per heavy atom. The standard InChI is InChI=1S/C20H24ClN3O2/c1-14(25)23-19(16-6-8-17(21)9-7-16)12-20(26)22-13-15-4-10-18(11-5-15)24(2)3/h4-11,19H,12-13H2,1-3H3,(H,22,26)(H,23,25). The van der Waals surface area contributed by atoms with Crippen molar-refractivity contribution in [2.75, 3.05) is 19.0 Å². The number of benzene rings is 2. The summed E-state index contributed by atoms with van der Waals surface area (Å²) in [5, 5.41) is 6.33. The Kier molecular flexibility index (Phi) is 7.04. The molecule has 0 saturated carbocycles. The molecular weight excluding hydrogens is 350 g/mol. The maximum Gasteiger partial charge on any atom is 0.222 e. The molecule has 0 heterocycles. The highest BCUT2D eigenvalue weighted by Crippen LogP contribution is 2.19. The molecule has 0 aliphatic heterocycles. The van der Waals surface area contributed by atoms with Crippen LogP contribution in [0.1, 0.15) is 30.5 Å². The van der Waals surface area contributed by atoms with Crippen LogP contribution in [0, 0.1) is 0 Å². The fraction of sp³-hybridized carbons (Fsp3) is 0.300. The molecule has 2 aromatic carbocycles. The monoisotopic (exact) mass is 373 g/mol. The summed E-state index contributed by atoms with van der Waals surface area (Å²) in [5.41, 5.74) is 2.97. The lowest BCUT2D eigenvalue weighted by molar-refractivity contribution is -0.122. The number of hydrogen-bond donors (Lipinski definition) is 2. The van der Waals surface area contributed by atoms with E-state index in [2.05, 4.69) is 10.6 Å². The van der Waals surface area contributed by atoms with E-state index >= 15 is 0 Å². The molecule has 0 aliphatic rings. The number of carbonyl (C=O) groups excluding carboxylic acids is 2. The Morgan fingerprint density at radius 2 is 1.65 bits per heavy atom. The molecule has 0 bridgehead atoms. The predicted molar refractivity (Wildman–Crippen MR) is 105 cm³/mol. The van der Waals surface area contributed by atoms with E-state index in [-0.39, 0.29) is 24.3 Å². The maximum absolute atomic E-state index is 12.3. The minimum Gasteiger partial charge on any atom is -0.378 e. The van der Waals surface area contributed by atoms with E-state index in [4.69, 9.17) is 11.6 Å². The quantitative estimate of drug-likeness (QED) is 0.782. The second-order valence-corrected chi connectivity index (χ2v) is 6.78. The topological polar surface area (TPSA) is 61.4 Å². The van der Waals surface area contributed by atoms with Crippen LogP contribution in [0.2, 0.25) is 5.02 Å². The van der Waals surface area contributed by atoms with Gasteiger partial charge in [0.2, 0.25) is 11.8 Å². The zero-order valence-corrected chi connectivity index (χ0v) is 16.0. The summed E-state index contributed by atoms with van der Waals surface area (Å²) in [6.07, 6.45) is 0.164. The number of rotatable bonds is 7. The fourth-order valence-corrected chi connectivity index (χ4v) is 2.69. The minimum absolute atomic E-state index is 0.129. The summed E-state index contributed by atoms with van der Waals surface area (Å²) in [6, 6.07) is 14.7. The van der Waals surface area contributed by atoms with E-state index in [9.17, 15) is 9.59 Å². The Balaban J connectivity index is 1.96. The van der Waals surface area contributed by atoms with Crippen molar-refractivity contribution < 1.29 is 9.59 Å². The van der Waals surface area contributed by atoms with Crippen molar-refractivity contribution in [2.45, 2.75) is 25.9 Å². The third kappa shape index (κ3) is 6.08. The van der Waals surface area contributed by atoms with Gasteiger partial charge in [-0.25, -0.2) is 0 Å². The molecule has 0 aromatic heterocycles. The van der Waals surface area contributed by atoms with Crippen molar-refractivity contribution in [3.8, 4) is 0 Å². The van der Waals surface area contributed by atoms with Gasteiger partial charge in [0, 0.05) is 38.3 Å². The van der Waals surface area contributed by atoms with Gasteiger partial charge >= 0.3 is 0 Å². The van der Waals surface area contributed by atoms with Crippen molar-refractivity contribution in [1.29, 1.82) is 0 Å². The van der Waals surface area contributed by atoms with Gasteiger partial charge < -0.3 is 15.5 Å². The molecule has 2 N–H and O–H groups in total.